The van der Waals surface area contributed by atoms with Gasteiger partial charge in [-0.3, -0.25) is 0 Å². The van der Waals surface area contributed by atoms with E-state index >= 15 is 0 Å². The molecule has 1 aliphatic rings. The van der Waals surface area contributed by atoms with Gasteiger partial charge in [-0.05, 0) is 18.3 Å². The molecule has 4 heteroatoms. The van der Waals surface area contributed by atoms with E-state index in [4.69, 9.17) is 10.3 Å². The Labute approximate surface area is 90.2 Å². The summed E-state index contributed by atoms with van der Waals surface area (Å²) in [4.78, 5) is 4.39. The van der Waals surface area contributed by atoms with E-state index in [1.807, 2.05) is 0 Å². The van der Waals surface area contributed by atoms with Gasteiger partial charge in [0.15, 0.2) is 5.82 Å². The van der Waals surface area contributed by atoms with Crippen LogP contribution in [-0.2, 0) is 0 Å². The number of hydrogen-bond acceptors (Lipinski definition) is 4. The summed E-state index contributed by atoms with van der Waals surface area (Å²) in [6.07, 6.45) is 2.20. The van der Waals surface area contributed by atoms with Crippen LogP contribution in [0.15, 0.2) is 4.52 Å². The van der Waals surface area contributed by atoms with Crippen LogP contribution >= 0.6 is 0 Å². The molecule has 4 atom stereocenters. The van der Waals surface area contributed by atoms with Crippen molar-refractivity contribution in [2.75, 3.05) is 0 Å². The standard InChI is InChI=1S/C11H19N3O/c1-4-6(2)9(12)11-13-10(14-15-11)8-5-7(8)3/h6-9H,4-5,12H2,1-3H3/t6-,7?,8?,9-/m0/s1. The molecule has 1 aliphatic carbocycles. The molecule has 84 valence electrons. The second kappa shape index (κ2) is 3.93. The highest BCUT2D eigenvalue weighted by Crippen LogP contribution is 2.45. The molecule has 1 aromatic rings. The summed E-state index contributed by atoms with van der Waals surface area (Å²) in [5.41, 5.74) is 6.02. The van der Waals surface area contributed by atoms with Crippen molar-refractivity contribution in [1.29, 1.82) is 0 Å². The summed E-state index contributed by atoms with van der Waals surface area (Å²) in [6, 6.07) is -0.120. The van der Waals surface area contributed by atoms with Crippen molar-refractivity contribution in [2.24, 2.45) is 17.6 Å². The Balaban J connectivity index is 2.06. The van der Waals surface area contributed by atoms with Crippen molar-refractivity contribution in [3.63, 3.8) is 0 Å². The molecule has 1 saturated carbocycles. The first-order valence-electron chi connectivity index (χ1n) is 5.72. The normalized spacial score (nSPS) is 28.8. The largest absolute Gasteiger partial charge is 0.338 e. The van der Waals surface area contributed by atoms with Gasteiger partial charge in [-0.25, -0.2) is 0 Å². The lowest BCUT2D eigenvalue weighted by atomic mass is 10.0. The molecule has 0 bridgehead atoms. The average Bonchev–Trinajstić information content (AvgIpc) is 2.80. The third-order valence-corrected chi connectivity index (χ3v) is 3.44. The maximum absolute atomic E-state index is 6.02. The zero-order valence-electron chi connectivity index (χ0n) is 9.60. The van der Waals surface area contributed by atoms with E-state index in [2.05, 4.69) is 30.9 Å². The van der Waals surface area contributed by atoms with Crippen molar-refractivity contribution in [3.8, 4) is 0 Å². The van der Waals surface area contributed by atoms with Gasteiger partial charge in [0, 0.05) is 5.92 Å². The van der Waals surface area contributed by atoms with Crippen LogP contribution in [0.3, 0.4) is 0 Å². The lowest BCUT2D eigenvalue weighted by Gasteiger charge is -2.12. The summed E-state index contributed by atoms with van der Waals surface area (Å²) < 4.78 is 5.21. The molecule has 2 rings (SSSR count). The lowest BCUT2D eigenvalue weighted by molar-refractivity contribution is 0.310. The molecule has 1 aromatic heterocycles. The first kappa shape index (κ1) is 10.6. The second-order valence-corrected chi connectivity index (χ2v) is 4.72. The van der Waals surface area contributed by atoms with Crippen LogP contribution in [0.25, 0.3) is 0 Å². The van der Waals surface area contributed by atoms with Crippen LogP contribution in [-0.4, -0.2) is 10.1 Å². The van der Waals surface area contributed by atoms with Crippen molar-refractivity contribution < 1.29 is 4.52 Å². The van der Waals surface area contributed by atoms with E-state index in [0.717, 1.165) is 12.2 Å². The summed E-state index contributed by atoms with van der Waals surface area (Å²) in [5.74, 6) is 3.03. The third kappa shape index (κ3) is 2.04. The minimum atomic E-state index is -0.120. The fourth-order valence-electron chi connectivity index (χ4n) is 1.71. The molecule has 0 aromatic carbocycles. The highest BCUT2D eigenvalue weighted by atomic mass is 16.5. The van der Waals surface area contributed by atoms with Crippen LogP contribution in [0.1, 0.15) is 57.3 Å². The maximum Gasteiger partial charge on any atom is 0.243 e. The second-order valence-electron chi connectivity index (χ2n) is 4.72. The predicted molar refractivity (Wildman–Crippen MR) is 57.2 cm³/mol. The third-order valence-electron chi connectivity index (χ3n) is 3.44. The number of nitrogens with two attached hydrogens (primary N) is 1. The van der Waals surface area contributed by atoms with Gasteiger partial charge in [0.2, 0.25) is 5.89 Å². The van der Waals surface area contributed by atoms with Crippen LogP contribution in [0.5, 0.6) is 0 Å². The van der Waals surface area contributed by atoms with Crippen LogP contribution in [0.4, 0.5) is 0 Å². The van der Waals surface area contributed by atoms with Gasteiger partial charge < -0.3 is 10.3 Å². The highest BCUT2D eigenvalue weighted by molar-refractivity contribution is 5.08. The molecule has 4 nitrogen and oxygen atoms in total. The Morgan fingerprint density at radius 1 is 1.60 bits per heavy atom. The Bertz CT molecular complexity index is 336. The number of nitrogens with zero attached hydrogens (tertiary/aromatic N) is 2. The molecular formula is C11H19N3O. The van der Waals surface area contributed by atoms with Gasteiger partial charge >= 0.3 is 0 Å². The van der Waals surface area contributed by atoms with Gasteiger partial charge in [0.25, 0.3) is 0 Å². The topological polar surface area (TPSA) is 64.9 Å². The van der Waals surface area contributed by atoms with E-state index in [9.17, 15) is 0 Å². The first-order valence-corrected chi connectivity index (χ1v) is 5.72. The smallest absolute Gasteiger partial charge is 0.243 e. The van der Waals surface area contributed by atoms with E-state index in [1.165, 1.54) is 6.42 Å². The van der Waals surface area contributed by atoms with Crippen LogP contribution < -0.4 is 5.73 Å². The van der Waals surface area contributed by atoms with Crippen molar-refractivity contribution in [3.05, 3.63) is 11.7 Å². The summed E-state index contributed by atoms with van der Waals surface area (Å²) in [7, 11) is 0. The maximum atomic E-state index is 6.02. The molecule has 0 saturated heterocycles. The molecule has 0 aliphatic heterocycles. The zero-order chi connectivity index (χ0) is 11.0. The van der Waals surface area contributed by atoms with Gasteiger partial charge in [-0.15, -0.1) is 0 Å². The monoisotopic (exact) mass is 209 g/mol. The zero-order valence-corrected chi connectivity index (χ0v) is 9.60. The van der Waals surface area contributed by atoms with E-state index in [-0.39, 0.29) is 6.04 Å². The van der Waals surface area contributed by atoms with E-state index in [0.29, 0.717) is 23.6 Å². The molecule has 2 N–H and O–H groups in total. The molecule has 0 amide bonds. The summed E-state index contributed by atoms with van der Waals surface area (Å²) in [6.45, 7) is 6.42. The van der Waals surface area contributed by atoms with Gasteiger partial charge in [0.05, 0.1) is 6.04 Å². The number of rotatable bonds is 4. The lowest BCUT2D eigenvalue weighted by Crippen LogP contribution is -2.18. The van der Waals surface area contributed by atoms with Crippen molar-refractivity contribution in [2.45, 2.75) is 45.6 Å². The van der Waals surface area contributed by atoms with Crippen LogP contribution in [0.2, 0.25) is 0 Å². The molecule has 15 heavy (non-hydrogen) atoms. The fourth-order valence-corrected chi connectivity index (χ4v) is 1.71. The quantitative estimate of drug-likeness (QED) is 0.825. The van der Waals surface area contributed by atoms with E-state index in [1.54, 1.807) is 0 Å². The molecular weight excluding hydrogens is 190 g/mol. The van der Waals surface area contributed by atoms with Crippen LogP contribution in [0, 0.1) is 11.8 Å². The van der Waals surface area contributed by atoms with E-state index < -0.39 is 0 Å². The minimum Gasteiger partial charge on any atom is -0.338 e. The molecule has 1 fully saturated rings. The Morgan fingerprint density at radius 3 is 2.80 bits per heavy atom. The molecule has 1 heterocycles. The number of aromatic nitrogens is 2. The predicted octanol–water partition coefficient (Wildman–Crippen LogP) is 2.24. The Morgan fingerprint density at radius 2 is 2.27 bits per heavy atom. The van der Waals surface area contributed by atoms with Crippen molar-refractivity contribution >= 4 is 0 Å². The SMILES string of the molecule is CC[C@H](C)[C@H](N)c1nc(C2CC2C)no1. The van der Waals surface area contributed by atoms with Gasteiger partial charge in [-0.2, -0.15) is 4.98 Å². The van der Waals surface area contributed by atoms with Crippen molar-refractivity contribution in [1.82, 2.24) is 10.1 Å². The summed E-state index contributed by atoms with van der Waals surface area (Å²) >= 11 is 0. The summed E-state index contributed by atoms with van der Waals surface area (Å²) in [5, 5.41) is 4.00. The minimum absolute atomic E-state index is 0.120. The Hall–Kier alpha value is -0.900. The van der Waals surface area contributed by atoms with Gasteiger partial charge in [-0.1, -0.05) is 32.3 Å². The molecule has 0 spiro atoms. The first-order chi connectivity index (χ1) is 7.13. The van der Waals surface area contributed by atoms with Gasteiger partial charge in [0.1, 0.15) is 0 Å². The average molecular weight is 209 g/mol. The fraction of sp³-hybridized carbons (Fsp3) is 0.818. The molecule has 2 unspecified atom stereocenters. The number of hydrogen-bond donors (Lipinski definition) is 1. The Kier molecular flexibility index (Phi) is 2.78. The molecule has 0 radical (unpaired) electrons. The highest BCUT2D eigenvalue weighted by Gasteiger charge is 2.38.